The molecule has 0 N–H and O–H groups in total. The first-order valence-electron chi connectivity index (χ1n) is 6.17. The Morgan fingerprint density at radius 1 is 1.12 bits per heavy atom. The van der Waals surface area contributed by atoms with Crippen molar-refractivity contribution < 1.29 is 8.78 Å². The predicted octanol–water partition coefficient (Wildman–Crippen LogP) is 5.07. The van der Waals surface area contributed by atoms with Crippen LogP contribution < -0.4 is 0 Å². The minimum atomic E-state index is -0.810. The summed E-state index contributed by atoms with van der Waals surface area (Å²) in [5.41, 5.74) is 0.699. The van der Waals surface area contributed by atoms with E-state index in [1.54, 1.807) is 6.07 Å². The molecule has 94 valence electrons. The van der Waals surface area contributed by atoms with Crippen molar-refractivity contribution in [2.75, 3.05) is 0 Å². The summed E-state index contributed by atoms with van der Waals surface area (Å²) in [7, 11) is 0. The molecule has 0 heterocycles. The van der Waals surface area contributed by atoms with Crippen LogP contribution in [0.1, 0.15) is 43.5 Å². The van der Waals surface area contributed by atoms with Gasteiger partial charge >= 0.3 is 0 Å². The minimum absolute atomic E-state index is 0.197. The molecule has 2 rings (SSSR count). The molecule has 0 bridgehead atoms. The summed E-state index contributed by atoms with van der Waals surface area (Å²) in [5.74, 6) is -0.468. The number of halogens is 3. The maximum atomic E-state index is 13.1. The Hall–Kier alpha value is -0.630. The van der Waals surface area contributed by atoms with Crippen LogP contribution in [0.2, 0.25) is 0 Å². The Morgan fingerprint density at radius 3 is 2.35 bits per heavy atom. The molecule has 1 aliphatic carbocycles. The van der Waals surface area contributed by atoms with E-state index in [9.17, 15) is 8.78 Å². The van der Waals surface area contributed by atoms with E-state index in [1.807, 2.05) is 0 Å². The number of hydrogen-bond donors (Lipinski definition) is 0. The average molecular weight is 259 g/mol. The number of benzene rings is 1. The van der Waals surface area contributed by atoms with Gasteiger partial charge in [-0.2, -0.15) is 0 Å². The van der Waals surface area contributed by atoms with Crippen molar-refractivity contribution >= 4 is 11.6 Å². The Labute approximate surface area is 106 Å². The van der Waals surface area contributed by atoms with Gasteiger partial charge in [0.1, 0.15) is 0 Å². The molecule has 1 atom stereocenters. The monoisotopic (exact) mass is 258 g/mol. The van der Waals surface area contributed by atoms with Crippen LogP contribution in [0.3, 0.4) is 0 Å². The van der Waals surface area contributed by atoms with E-state index in [4.69, 9.17) is 11.6 Å². The zero-order valence-electron chi connectivity index (χ0n) is 9.93. The smallest absolute Gasteiger partial charge is 0.159 e. The highest BCUT2D eigenvalue weighted by Gasteiger charge is 2.26. The second-order valence-corrected chi connectivity index (χ2v) is 5.57. The topological polar surface area (TPSA) is 0 Å². The Kier molecular flexibility index (Phi) is 4.03. The summed E-state index contributed by atoms with van der Waals surface area (Å²) >= 11 is 6.37. The second kappa shape index (κ2) is 5.34. The number of hydrogen-bond acceptors (Lipinski definition) is 0. The van der Waals surface area contributed by atoms with Crippen molar-refractivity contribution in [2.45, 2.75) is 38.0 Å². The highest BCUT2D eigenvalue weighted by atomic mass is 35.5. The quantitative estimate of drug-likeness (QED) is 0.650. The van der Waals surface area contributed by atoms with Gasteiger partial charge in [-0.15, -0.1) is 11.6 Å². The van der Waals surface area contributed by atoms with Crippen LogP contribution >= 0.6 is 11.6 Å². The largest absolute Gasteiger partial charge is 0.204 e. The van der Waals surface area contributed by atoms with Crippen molar-refractivity contribution in [3.8, 4) is 0 Å². The van der Waals surface area contributed by atoms with Gasteiger partial charge in [0.25, 0.3) is 0 Å². The lowest BCUT2D eigenvalue weighted by atomic mass is 9.80. The summed E-state index contributed by atoms with van der Waals surface area (Å²) in [5, 5.41) is -0.197. The van der Waals surface area contributed by atoms with Gasteiger partial charge in [-0.05, 0) is 42.4 Å². The molecule has 0 saturated heterocycles. The van der Waals surface area contributed by atoms with Gasteiger partial charge in [0.05, 0.1) is 5.38 Å². The van der Waals surface area contributed by atoms with Crippen molar-refractivity contribution in [1.29, 1.82) is 0 Å². The third-order valence-corrected chi connectivity index (χ3v) is 4.34. The van der Waals surface area contributed by atoms with Gasteiger partial charge < -0.3 is 0 Å². The maximum absolute atomic E-state index is 13.1. The summed E-state index contributed by atoms with van der Waals surface area (Å²) in [6, 6.07) is 3.98. The SMILES string of the molecule is CC1CCC(C(Cl)c2ccc(F)c(F)c2)CC1. The fourth-order valence-electron chi connectivity index (χ4n) is 2.53. The fraction of sp³-hybridized carbons (Fsp3) is 0.571. The average Bonchev–Trinajstić information content (AvgIpc) is 2.33. The first-order chi connectivity index (χ1) is 8.08. The standard InChI is InChI=1S/C14H17ClF2/c1-9-2-4-10(5-3-9)14(15)11-6-7-12(16)13(17)8-11/h6-10,14H,2-5H2,1H3. The molecule has 1 aromatic rings. The molecule has 0 amide bonds. The molecule has 0 aromatic heterocycles. The minimum Gasteiger partial charge on any atom is -0.204 e. The van der Waals surface area contributed by atoms with Crippen molar-refractivity contribution in [3.63, 3.8) is 0 Å². The van der Waals surface area contributed by atoms with E-state index in [2.05, 4.69) is 6.92 Å². The van der Waals surface area contributed by atoms with E-state index >= 15 is 0 Å². The van der Waals surface area contributed by atoms with E-state index in [1.165, 1.54) is 18.9 Å². The lowest BCUT2D eigenvalue weighted by Gasteiger charge is -2.29. The molecule has 3 heteroatoms. The molecule has 1 aliphatic rings. The molecular weight excluding hydrogens is 242 g/mol. The van der Waals surface area contributed by atoms with Crippen molar-refractivity contribution in [3.05, 3.63) is 35.4 Å². The van der Waals surface area contributed by atoms with Crippen molar-refractivity contribution in [2.24, 2.45) is 11.8 Å². The third kappa shape index (κ3) is 2.98. The van der Waals surface area contributed by atoms with Gasteiger partial charge in [-0.1, -0.05) is 25.8 Å². The van der Waals surface area contributed by atoms with Crippen LogP contribution in [0, 0.1) is 23.5 Å². The second-order valence-electron chi connectivity index (χ2n) is 5.10. The fourth-order valence-corrected chi connectivity index (χ4v) is 2.92. The van der Waals surface area contributed by atoms with Gasteiger partial charge in [0.15, 0.2) is 11.6 Å². The summed E-state index contributed by atoms with van der Waals surface area (Å²) in [6.07, 6.45) is 4.51. The molecule has 0 radical (unpaired) electrons. The van der Waals surface area contributed by atoms with Gasteiger partial charge in [0.2, 0.25) is 0 Å². The number of alkyl halides is 1. The van der Waals surface area contributed by atoms with Crippen LogP contribution in [-0.4, -0.2) is 0 Å². The number of rotatable bonds is 2. The molecule has 1 aromatic carbocycles. The van der Waals surface area contributed by atoms with Gasteiger partial charge in [0, 0.05) is 0 Å². The van der Waals surface area contributed by atoms with Gasteiger partial charge in [-0.3, -0.25) is 0 Å². The Balaban J connectivity index is 2.08. The Morgan fingerprint density at radius 2 is 1.76 bits per heavy atom. The van der Waals surface area contributed by atoms with E-state index in [-0.39, 0.29) is 5.38 Å². The molecular formula is C14H17ClF2. The summed E-state index contributed by atoms with van der Waals surface area (Å²) < 4.78 is 26.0. The van der Waals surface area contributed by atoms with Crippen LogP contribution in [0.25, 0.3) is 0 Å². The van der Waals surface area contributed by atoms with E-state index < -0.39 is 11.6 Å². The van der Waals surface area contributed by atoms with E-state index in [0.29, 0.717) is 11.5 Å². The summed E-state index contributed by atoms with van der Waals surface area (Å²) in [4.78, 5) is 0. The van der Waals surface area contributed by atoms with Crippen molar-refractivity contribution in [1.82, 2.24) is 0 Å². The maximum Gasteiger partial charge on any atom is 0.159 e. The molecule has 1 fully saturated rings. The lowest BCUT2D eigenvalue weighted by molar-refractivity contribution is 0.283. The Bertz CT molecular complexity index is 384. The molecule has 1 saturated carbocycles. The van der Waals surface area contributed by atoms with Crippen LogP contribution in [-0.2, 0) is 0 Å². The predicted molar refractivity (Wildman–Crippen MR) is 66.1 cm³/mol. The summed E-state index contributed by atoms with van der Waals surface area (Å²) in [6.45, 7) is 2.25. The molecule has 17 heavy (non-hydrogen) atoms. The molecule has 1 unspecified atom stereocenters. The first-order valence-corrected chi connectivity index (χ1v) is 6.60. The normalized spacial score (nSPS) is 26.8. The van der Waals surface area contributed by atoms with Gasteiger partial charge in [-0.25, -0.2) is 8.78 Å². The molecule has 0 aliphatic heterocycles. The van der Waals surface area contributed by atoms with Crippen LogP contribution in [0.5, 0.6) is 0 Å². The highest BCUT2D eigenvalue weighted by molar-refractivity contribution is 6.21. The van der Waals surface area contributed by atoms with Crippen LogP contribution in [0.15, 0.2) is 18.2 Å². The first kappa shape index (κ1) is 12.8. The third-order valence-electron chi connectivity index (χ3n) is 3.74. The molecule has 0 spiro atoms. The molecule has 0 nitrogen and oxygen atoms in total. The zero-order chi connectivity index (χ0) is 12.4. The van der Waals surface area contributed by atoms with Crippen LogP contribution in [0.4, 0.5) is 8.78 Å². The zero-order valence-corrected chi connectivity index (χ0v) is 10.7. The van der Waals surface area contributed by atoms with E-state index in [0.717, 1.165) is 24.8 Å². The lowest BCUT2D eigenvalue weighted by Crippen LogP contribution is -2.16. The highest BCUT2D eigenvalue weighted by Crippen LogP contribution is 2.40.